The fourth-order valence-electron chi connectivity index (χ4n) is 2.68. The number of hydrogen-bond acceptors (Lipinski definition) is 6. The summed E-state index contributed by atoms with van der Waals surface area (Å²) >= 11 is 1.20. The number of fused-ring (bicyclic) bond motifs is 1. The lowest BCUT2D eigenvalue weighted by Gasteiger charge is -2.07. The summed E-state index contributed by atoms with van der Waals surface area (Å²) in [5, 5.41) is 4.39. The predicted molar refractivity (Wildman–Crippen MR) is 118 cm³/mol. The average Bonchev–Trinajstić information content (AvgIpc) is 3.21. The Kier molecular flexibility index (Phi) is 6.59. The number of carbonyl (C=O) groups excluding carboxylic acids is 1. The highest BCUT2D eigenvalue weighted by atomic mass is 32.2. The van der Waals surface area contributed by atoms with E-state index in [-0.39, 0.29) is 24.1 Å². The molecule has 0 saturated heterocycles. The monoisotopic (exact) mass is 435 g/mol. The third-order valence-electron chi connectivity index (χ3n) is 4.24. The Morgan fingerprint density at radius 3 is 2.68 bits per heavy atom. The van der Waals surface area contributed by atoms with Crippen LogP contribution in [0.4, 0.5) is 4.39 Å². The Morgan fingerprint density at radius 1 is 1.10 bits per heavy atom. The number of carbonyl (C=O) groups is 1. The van der Waals surface area contributed by atoms with Gasteiger partial charge in [-0.3, -0.25) is 4.79 Å². The highest BCUT2D eigenvalue weighted by molar-refractivity contribution is 7.99. The first kappa shape index (κ1) is 20.6. The molecule has 0 atom stereocenters. The first-order valence-electron chi connectivity index (χ1n) is 9.44. The van der Waals surface area contributed by atoms with Crippen LogP contribution in [0.2, 0.25) is 0 Å². The molecule has 156 valence electrons. The van der Waals surface area contributed by atoms with Gasteiger partial charge in [0.25, 0.3) is 11.1 Å². The van der Waals surface area contributed by atoms with Crippen molar-refractivity contribution in [3.05, 3.63) is 89.7 Å². The zero-order valence-electron chi connectivity index (χ0n) is 16.3. The zero-order valence-corrected chi connectivity index (χ0v) is 17.1. The van der Waals surface area contributed by atoms with Crippen LogP contribution in [-0.2, 0) is 11.4 Å². The van der Waals surface area contributed by atoms with Crippen molar-refractivity contribution in [3.63, 3.8) is 0 Å². The van der Waals surface area contributed by atoms with Gasteiger partial charge in [0.1, 0.15) is 23.7 Å². The number of aromatic nitrogens is 1. The van der Waals surface area contributed by atoms with Crippen molar-refractivity contribution in [3.8, 4) is 5.75 Å². The van der Waals surface area contributed by atoms with Crippen molar-refractivity contribution in [2.24, 2.45) is 5.10 Å². The number of halogens is 1. The molecule has 0 bridgehead atoms. The maximum absolute atomic E-state index is 13.6. The van der Waals surface area contributed by atoms with Gasteiger partial charge in [-0.25, -0.2) is 14.8 Å². The molecule has 0 radical (unpaired) electrons. The Morgan fingerprint density at radius 2 is 1.87 bits per heavy atom. The molecule has 0 fully saturated rings. The lowest BCUT2D eigenvalue weighted by Crippen LogP contribution is -2.19. The standard InChI is InChI=1S/C23H18FN3O3S/c24-19-6-2-1-5-17(19)14-29-18-11-9-16(10-12-18)13-25-27-22(28)15-31-23-26-20-7-3-4-8-21(20)30-23/h1-13H,14-15H2,(H,27,28)/b25-13-. The summed E-state index contributed by atoms with van der Waals surface area (Å²) in [6.07, 6.45) is 1.53. The van der Waals surface area contributed by atoms with Crippen LogP contribution in [0.1, 0.15) is 11.1 Å². The fourth-order valence-corrected chi connectivity index (χ4v) is 3.31. The number of benzene rings is 3. The van der Waals surface area contributed by atoms with Crippen LogP contribution in [0.3, 0.4) is 0 Å². The molecule has 0 aliphatic heterocycles. The molecule has 4 aromatic rings. The van der Waals surface area contributed by atoms with E-state index in [4.69, 9.17) is 9.15 Å². The van der Waals surface area contributed by atoms with E-state index in [1.54, 1.807) is 42.5 Å². The summed E-state index contributed by atoms with van der Waals surface area (Å²) in [5.41, 5.74) is 5.18. The lowest BCUT2D eigenvalue weighted by molar-refractivity contribution is -0.118. The van der Waals surface area contributed by atoms with E-state index in [0.717, 1.165) is 11.1 Å². The largest absolute Gasteiger partial charge is 0.489 e. The fraction of sp³-hybridized carbons (Fsp3) is 0.0870. The van der Waals surface area contributed by atoms with Gasteiger partial charge < -0.3 is 9.15 Å². The van der Waals surface area contributed by atoms with Crippen LogP contribution < -0.4 is 10.2 Å². The van der Waals surface area contributed by atoms with Crippen LogP contribution >= 0.6 is 11.8 Å². The summed E-state index contributed by atoms with van der Waals surface area (Å²) in [6.45, 7) is 0.147. The summed E-state index contributed by atoms with van der Waals surface area (Å²) in [6, 6.07) is 21.0. The number of thioether (sulfide) groups is 1. The minimum atomic E-state index is -0.295. The average molecular weight is 435 g/mol. The number of para-hydroxylation sites is 2. The molecule has 1 amide bonds. The Balaban J connectivity index is 1.22. The Hall–Kier alpha value is -3.65. The summed E-state index contributed by atoms with van der Waals surface area (Å²) in [5.74, 6) is 0.177. The number of nitrogens with zero attached hydrogens (tertiary/aromatic N) is 2. The summed E-state index contributed by atoms with van der Waals surface area (Å²) < 4.78 is 24.8. The topological polar surface area (TPSA) is 76.7 Å². The second-order valence-corrected chi connectivity index (χ2v) is 7.41. The van der Waals surface area contributed by atoms with Crippen LogP contribution in [-0.4, -0.2) is 22.9 Å². The number of hydrogen-bond donors (Lipinski definition) is 1. The quantitative estimate of drug-likeness (QED) is 0.245. The van der Waals surface area contributed by atoms with Crippen molar-refractivity contribution >= 4 is 35.0 Å². The number of nitrogens with one attached hydrogen (secondary N) is 1. The van der Waals surface area contributed by atoms with Crippen LogP contribution in [0.25, 0.3) is 11.1 Å². The smallest absolute Gasteiger partial charge is 0.257 e. The number of ether oxygens (including phenoxy) is 1. The van der Waals surface area contributed by atoms with Crippen LogP contribution in [0, 0.1) is 5.82 Å². The van der Waals surface area contributed by atoms with Gasteiger partial charge in [-0.05, 0) is 48.0 Å². The second kappa shape index (κ2) is 9.90. The molecule has 1 aromatic heterocycles. The van der Waals surface area contributed by atoms with Crippen LogP contribution in [0.5, 0.6) is 5.75 Å². The van der Waals surface area contributed by atoms with Gasteiger partial charge in [0.05, 0.1) is 12.0 Å². The summed E-state index contributed by atoms with van der Waals surface area (Å²) in [4.78, 5) is 16.3. The molecule has 1 N–H and O–H groups in total. The van der Waals surface area contributed by atoms with E-state index in [0.29, 0.717) is 22.1 Å². The molecule has 6 nitrogen and oxygen atoms in total. The number of hydrazone groups is 1. The molecule has 8 heteroatoms. The van der Waals surface area contributed by atoms with Crippen molar-refractivity contribution in [2.75, 3.05) is 5.75 Å². The maximum atomic E-state index is 13.6. The third kappa shape index (κ3) is 5.70. The summed E-state index contributed by atoms with van der Waals surface area (Å²) in [7, 11) is 0. The molecule has 0 unspecified atom stereocenters. The molecule has 31 heavy (non-hydrogen) atoms. The molecular formula is C23H18FN3O3S. The lowest BCUT2D eigenvalue weighted by atomic mass is 10.2. The first-order valence-corrected chi connectivity index (χ1v) is 10.4. The Bertz CT molecular complexity index is 1180. The van der Waals surface area contributed by atoms with Crippen molar-refractivity contribution < 1.29 is 18.3 Å². The van der Waals surface area contributed by atoms with Crippen LogP contribution in [0.15, 0.2) is 87.5 Å². The van der Waals surface area contributed by atoms with Gasteiger partial charge in [-0.2, -0.15) is 5.10 Å². The van der Waals surface area contributed by atoms with E-state index in [9.17, 15) is 9.18 Å². The van der Waals surface area contributed by atoms with E-state index in [1.807, 2.05) is 24.3 Å². The Labute approximate surface area is 182 Å². The minimum absolute atomic E-state index is 0.132. The van der Waals surface area contributed by atoms with E-state index in [1.165, 1.54) is 24.0 Å². The van der Waals surface area contributed by atoms with Crippen molar-refractivity contribution in [1.29, 1.82) is 0 Å². The SMILES string of the molecule is O=C(CSc1nc2ccccc2o1)N/N=C\c1ccc(OCc2ccccc2F)cc1. The van der Waals surface area contributed by atoms with E-state index < -0.39 is 0 Å². The predicted octanol–water partition coefficient (Wildman–Crippen LogP) is 4.79. The highest BCUT2D eigenvalue weighted by Gasteiger charge is 2.08. The molecule has 1 heterocycles. The van der Waals surface area contributed by atoms with E-state index in [2.05, 4.69) is 15.5 Å². The molecule has 0 aliphatic rings. The van der Waals surface area contributed by atoms with Gasteiger partial charge in [0.2, 0.25) is 0 Å². The van der Waals surface area contributed by atoms with E-state index >= 15 is 0 Å². The molecule has 0 aliphatic carbocycles. The van der Waals surface area contributed by atoms with Gasteiger partial charge in [-0.15, -0.1) is 0 Å². The zero-order chi connectivity index (χ0) is 21.5. The van der Waals surface area contributed by atoms with Gasteiger partial charge in [-0.1, -0.05) is 42.1 Å². The highest BCUT2D eigenvalue weighted by Crippen LogP contribution is 2.22. The third-order valence-corrected chi connectivity index (χ3v) is 5.06. The van der Waals surface area contributed by atoms with Gasteiger partial charge in [0.15, 0.2) is 5.58 Å². The number of oxazole rings is 1. The van der Waals surface area contributed by atoms with Crippen molar-refractivity contribution in [1.82, 2.24) is 10.4 Å². The maximum Gasteiger partial charge on any atom is 0.257 e. The van der Waals surface area contributed by atoms with Gasteiger partial charge >= 0.3 is 0 Å². The second-order valence-electron chi connectivity index (χ2n) is 6.48. The molecule has 3 aromatic carbocycles. The normalized spacial score (nSPS) is 11.1. The number of amides is 1. The number of rotatable bonds is 8. The van der Waals surface area contributed by atoms with Gasteiger partial charge in [0, 0.05) is 5.56 Å². The minimum Gasteiger partial charge on any atom is -0.489 e. The molecule has 0 spiro atoms. The first-order chi connectivity index (χ1) is 15.2. The molecule has 4 rings (SSSR count). The molecular weight excluding hydrogens is 417 g/mol. The molecule has 0 saturated carbocycles. The van der Waals surface area contributed by atoms with Crippen molar-refractivity contribution in [2.45, 2.75) is 11.8 Å².